The van der Waals surface area contributed by atoms with Crippen LogP contribution in [0.1, 0.15) is 31.3 Å². The molecule has 0 fully saturated rings. The van der Waals surface area contributed by atoms with E-state index in [0.717, 1.165) is 0 Å². The van der Waals surface area contributed by atoms with E-state index in [1.165, 1.54) is 11.6 Å². The first-order valence-corrected chi connectivity index (χ1v) is 7.04. The zero-order chi connectivity index (χ0) is 16.3. The normalized spacial score (nSPS) is 12.1. The van der Waals surface area contributed by atoms with E-state index in [1.54, 1.807) is 24.3 Å². The van der Waals surface area contributed by atoms with E-state index >= 15 is 0 Å². The summed E-state index contributed by atoms with van der Waals surface area (Å²) in [6.07, 6.45) is -0.876. The third-order valence-electron chi connectivity index (χ3n) is 3.06. The van der Waals surface area contributed by atoms with E-state index in [4.69, 9.17) is 10.00 Å². The minimum atomic E-state index is -0.876. The standard InChI is InChI=1S/C16H17N3O3/c1-10(2)9-19-15(20)13-7-5-4-6-12(13)14(18-19)16(21)22-11(3)8-17/h4-7,10-11H,9H2,1-3H3/t11-/m1/s1. The van der Waals surface area contributed by atoms with Crippen molar-refractivity contribution in [3.63, 3.8) is 0 Å². The van der Waals surface area contributed by atoms with Gasteiger partial charge in [-0.3, -0.25) is 4.79 Å². The predicted molar refractivity (Wildman–Crippen MR) is 81.3 cm³/mol. The van der Waals surface area contributed by atoms with Gasteiger partial charge in [-0.2, -0.15) is 10.4 Å². The summed E-state index contributed by atoms with van der Waals surface area (Å²) < 4.78 is 6.29. The zero-order valence-corrected chi connectivity index (χ0v) is 12.7. The first kappa shape index (κ1) is 15.7. The van der Waals surface area contributed by atoms with Gasteiger partial charge in [0.1, 0.15) is 6.07 Å². The van der Waals surface area contributed by atoms with Crippen molar-refractivity contribution in [1.82, 2.24) is 9.78 Å². The fourth-order valence-corrected chi connectivity index (χ4v) is 2.10. The van der Waals surface area contributed by atoms with Crippen molar-refractivity contribution in [3.05, 3.63) is 40.3 Å². The van der Waals surface area contributed by atoms with Crippen LogP contribution in [0.2, 0.25) is 0 Å². The Kier molecular flexibility index (Phi) is 4.56. The molecule has 6 heteroatoms. The summed E-state index contributed by atoms with van der Waals surface area (Å²) in [5, 5.41) is 13.8. The number of carbonyl (C=O) groups excluding carboxylic acids is 1. The molecule has 0 aliphatic carbocycles. The summed E-state index contributed by atoms with van der Waals surface area (Å²) in [6, 6.07) is 8.59. The molecule has 0 saturated heterocycles. The summed E-state index contributed by atoms with van der Waals surface area (Å²) >= 11 is 0. The third kappa shape index (κ3) is 3.14. The van der Waals surface area contributed by atoms with Gasteiger partial charge in [-0.1, -0.05) is 32.0 Å². The van der Waals surface area contributed by atoms with E-state index in [1.807, 2.05) is 19.9 Å². The van der Waals surface area contributed by atoms with Crippen molar-refractivity contribution in [2.75, 3.05) is 0 Å². The van der Waals surface area contributed by atoms with Gasteiger partial charge in [-0.15, -0.1) is 0 Å². The Bertz CT molecular complexity index is 802. The maximum Gasteiger partial charge on any atom is 0.360 e. The van der Waals surface area contributed by atoms with Gasteiger partial charge in [-0.25, -0.2) is 9.48 Å². The molecule has 0 saturated carbocycles. The van der Waals surface area contributed by atoms with Crippen LogP contribution in [-0.2, 0) is 11.3 Å². The number of rotatable bonds is 4. The topological polar surface area (TPSA) is 85.0 Å². The van der Waals surface area contributed by atoms with Gasteiger partial charge in [0.2, 0.25) is 0 Å². The molecule has 0 radical (unpaired) electrons. The van der Waals surface area contributed by atoms with Crippen molar-refractivity contribution in [3.8, 4) is 6.07 Å². The van der Waals surface area contributed by atoms with Crippen LogP contribution in [0, 0.1) is 17.2 Å². The number of hydrogen-bond donors (Lipinski definition) is 0. The van der Waals surface area contributed by atoms with Gasteiger partial charge in [0.25, 0.3) is 5.56 Å². The molecule has 0 aliphatic heterocycles. The number of esters is 1. The molecule has 114 valence electrons. The Hall–Kier alpha value is -2.68. The van der Waals surface area contributed by atoms with Crippen LogP contribution in [0.15, 0.2) is 29.1 Å². The number of fused-ring (bicyclic) bond motifs is 1. The van der Waals surface area contributed by atoms with Gasteiger partial charge >= 0.3 is 5.97 Å². The van der Waals surface area contributed by atoms with Gasteiger partial charge in [-0.05, 0) is 18.9 Å². The lowest BCUT2D eigenvalue weighted by molar-refractivity contribution is 0.0427. The van der Waals surface area contributed by atoms with Crippen LogP contribution in [0.5, 0.6) is 0 Å². The molecule has 0 unspecified atom stereocenters. The molecule has 0 spiro atoms. The summed E-state index contributed by atoms with van der Waals surface area (Å²) in [5.41, 5.74) is -0.188. The van der Waals surface area contributed by atoms with Crippen LogP contribution < -0.4 is 5.56 Å². The van der Waals surface area contributed by atoms with Crippen LogP contribution in [-0.4, -0.2) is 21.9 Å². The van der Waals surface area contributed by atoms with E-state index in [2.05, 4.69) is 5.10 Å². The van der Waals surface area contributed by atoms with E-state index in [9.17, 15) is 9.59 Å². The van der Waals surface area contributed by atoms with Crippen molar-refractivity contribution < 1.29 is 9.53 Å². The number of aromatic nitrogens is 2. The molecule has 1 heterocycles. The number of carbonyl (C=O) groups is 1. The quantitative estimate of drug-likeness (QED) is 0.807. The predicted octanol–water partition coefficient (Wildman–Crippen LogP) is 2.12. The summed E-state index contributed by atoms with van der Waals surface area (Å²) in [6.45, 7) is 5.79. The van der Waals surface area contributed by atoms with Crippen molar-refractivity contribution >= 4 is 16.7 Å². The molecule has 0 bridgehead atoms. The Balaban J connectivity index is 2.62. The molecule has 0 amide bonds. The molecule has 2 rings (SSSR count). The molecule has 1 aromatic heterocycles. The minimum absolute atomic E-state index is 0.0537. The number of hydrogen-bond acceptors (Lipinski definition) is 5. The fraction of sp³-hybridized carbons (Fsp3) is 0.375. The summed E-state index contributed by atoms with van der Waals surface area (Å²) in [5.74, 6) is -0.504. The fourth-order valence-electron chi connectivity index (χ4n) is 2.10. The van der Waals surface area contributed by atoms with Crippen molar-refractivity contribution in [2.45, 2.75) is 33.4 Å². The summed E-state index contributed by atoms with van der Waals surface area (Å²) in [4.78, 5) is 24.6. The molecule has 6 nitrogen and oxygen atoms in total. The van der Waals surface area contributed by atoms with E-state index in [0.29, 0.717) is 17.3 Å². The highest BCUT2D eigenvalue weighted by molar-refractivity contribution is 6.02. The van der Waals surface area contributed by atoms with Gasteiger partial charge in [0, 0.05) is 11.9 Å². The molecule has 0 aliphatic rings. The Morgan fingerprint density at radius 3 is 2.55 bits per heavy atom. The second kappa shape index (κ2) is 6.39. The number of benzene rings is 1. The number of nitriles is 1. The average Bonchev–Trinajstić information content (AvgIpc) is 2.49. The maximum absolute atomic E-state index is 12.4. The Morgan fingerprint density at radius 1 is 1.32 bits per heavy atom. The highest BCUT2D eigenvalue weighted by Gasteiger charge is 2.20. The highest BCUT2D eigenvalue weighted by atomic mass is 16.5. The molecule has 1 atom stereocenters. The van der Waals surface area contributed by atoms with Crippen LogP contribution in [0.4, 0.5) is 0 Å². The Labute approximate surface area is 127 Å². The maximum atomic E-state index is 12.4. The molecular formula is C16H17N3O3. The molecule has 1 aromatic carbocycles. The number of ether oxygens (including phenoxy) is 1. The SMILES string of the molecule is CC(C)Cn1nc(C(=O)O[C@H](C)C#N)c2ccccc2c1=O. The summed E-state index contributed by atoms with van der Waals surface area (Å²) in [7, 11) is 0. The van der Waals surface area contributed by atoms with E-state index in [-0.39, 0.29) is 17.2 Å². The van der Waals surface area contributed by atoms with Crippen LogP contribution in [0.3, 0.4) is 0 Å². The lowest BCUT2D eigenvalue weighted by Crippen LogP contribution is -2.28. The molecule has 2 aromatic rings. The molecule has 0 N–H and O–H groups in total. The van der Waals surface area contributed by atoms with Crippen LogP contribution >= 0.6 is 0 Å². The third-order valence-corrected chi connectivity index (χ3v) is 3.06. The smallest absolute Gasteiger partial charge is 0.360 e. The molecule has 22 heavy (non-hydrogen) atoms. The first-order valence-electron chi connectivity index (χ1n) is 7.04. The van der Waals surface area contributed by atoms with E-state index < -0.39 is 12.1 Å². The van der Waals surface area contributed by atoms with Crippen molar-refractivity contribution in [2.24, 2.45) is 5.92 Å². The zero-order valence-electron chi connectivity index (χ0n) is 12.7. The van der Waals surface area contributed by atoms with Crippen LogP contribution in [0.25, 0.3) is 10.8 Å². The van der Waals surface area contributed by atoms with Gasteiger partial charge in [0.05, 0.1) is 5.39 Å². The van der Waals surface area contributed by atoms with Crippen molar-refractivity contribution in [1.29, 1.82) is 5.26 Å². The minimum Gasteiger partial charge on any atom is -0.442 e. The Morgan fingerprint density at radius 2 is 1.95 bits per heavy atom. The highest BCUT2D eigenvalue weighted by Crippen LogP contribution is 2.15. The van der Waals surface area contributed by atoms with Gasteiger partial charge < -0.3 is 4.74 Å². The number of nitrogens with zero attached hydrogens (tertiary/aromatic N) is 3. The molecular weight excluding hydrogens is 282 g/mol. The lowest BCUT2D eigenvalue weighted by Gasteiger charge is -2.12. The average molecular weight is 299 g/mol. The second-order valence-corrected chi connectivity index (χ2v) is 5.45. The van der Waals surface area contributed by atoms with Gasteiger partial charge in [0.15, 0.2) is 11.8 Å². The lowest BCUT2D eigenvalue weighted by atomic mass is 10.1. The monoisotopic (exact) mass is 299 g/mol. The largest absolute Gasteiger partial charge is 0.442 e. The first-order chi connectivity index (χ1) is 10.4. The second-order valence-electron chi connectivity index (χ2n) is 5.45.